The Morgan fingerprint density at radius 1 is 1.38 bits per heavy atom. The molecule has 0 bridgehead atoms. The van der Waals surface area contributed by atoms with Crippen molar-refractivity contribution in [3.05, 3.63) is 22.3 Å². The SMILES string of the molecule is O=C(NCCNc1ncc(Cl)cc1Cl)N1CCC(O)CC1. The fraction of sp³-hybridized carbons (Fsp3) is 0.538. The average molecular weight is 333 g/mol. The quantitative estimate of drug-likeness (QED) is 0.736. The minimum absolute atomic E-state index is 0.112. The summed E-state index contributed by atoms with van der Waals surface area (Å²) in [5, 5.41) is 16.2. The Bertz CT molecular complexity index is 493. The highest BCUT2D eigenvalue weighted by Gasteiger charge is 2.20. The Balaban J connectivity index is 1.68. The number of amides is 2. The predicted molar refractivity (Wildman–Crippen MR) is 83.0 cm³/mol. The van der Waals surface area contributed by atoms with Crippen molar-refractivity contribution in [1.82, 2.24) is 15.2 Å². The molecule has 1 aliphatic rings. The maximum Gasteiger partial charge on any atom is 0.317 e. The van der Waals surface area contributed by atoms with Gasteiger partial charge in [0.2, 0.25) is 0 Å². The molecule has 0 saturated carbocycles. The molecule has 0 spiro atoms. The number of carbonyl (C=O) groups excluding carboxylic acids is 1. The molecule has 1 aliphatic heterocycles. The van der Waals surface area contributed by atoms with Gasteiger partial charge >= 0.3 is 6.03 Å². The van der Waals surface area contributed by atoms with Crippen molar-refractivity contribution in [3.8, 4) is 0 Å². The van der Waals surface area contributed by atoms with Crippen molar-refractivity contribution in [2.75, 3.05) is 31.5 Å². The maximum atomic E-state index is 11.9. The molecule has 3 N–H and O–H groups in total. The van der Waals surface area contributed by atoms with Crippen LogP contribution in [0, 0.1) is 0 Å². The van der Waals surface area contributed by atoms with E-state index in [1.165, 1.54) is 6.20 Å². The van der Waals surface area contributed by atoms with E-state index in [1.807, 2.05) is 0 Å². The van der Waals surface area contributed by atoms with E-state index in [0.717, 1.165) is 0 Å². The van der Waals surface area contributed by atoms with Crippen LogP contribution >= 0.6 is 23.2 Å². The second-order valence-corrected chi connectivity index (χ2v) is 5.70. The summed E-state index contributed by atoms with van der Waals surface area (Å²) in [7, 11) is 0. The van der Waals surface area contributed by atoms with Gasteiger partial charge in [0.25, 0.3) is 0 Å². The third-order valence-corrected chi connectivity index (χ3v) is 3.75. The first kappa shape index (κ1) is 16.1. The second kappa shape index (κ2) is 7.68. The van der Waals surface area contributed by atoms with Crippen LogP contribution in [0.3, 0.4) is 0 Å². The first-order chi connectivity index (χ1) is 10.1. The van der Waals surface area contributed by atoms with Crippen molar-refractivity contribution < 1.29 is 9.90 Å². The van der Waals surface area contributed by atoms with Crippen LogP contribution in [0.5, 0.6) is 0 Å². The number of urea groups is 1. The molecule has 0 atom stereocenters. The highest BCUT2D eigenvalue weighted by atomic mass is 35.5. The van der Waals surface area contributed by atoms with E-state index in [-0.39, 0.29) is 12.1 Å². The number of halogens is 2. The van der Waals surface area contributed by atoms with Gasteiger partial charge in [-0.3, -0.25) is 0 Å². The van der Waals surface area contributed by atoms with Gasteiger partial charge in [0.15, 0.2) is 0 Å². The number of pyridine rings is 1. The summed E-state index contributed by atoms with van der Waals surface area (Å²) in [5.41, 5.74) is 0. The van der Waals surface area contributed by atoms with Crippen LogP contribution in [0.25, 0.3) is 0 Å². The van der Waals surface area contributed by atoms with Crippen molar-refractivity contribution in [3.63, 3.8) is 0 Å². The zero-order valence-electron chi connectivity index (χ0n) is 11.5. The number of anilines is 1. The highest BCUT2D eigenvalue weighted by molar-refractivity contribution is 6.35. The molecular weight excluding hydrogens is 315 g/mol. The number of carbonyl (C=O) groups is 1. The lowest BCUT2D eigenvalue weighted by Crippen LogP contribution is -2.46. The molecule has 1 saturated heterocycles. The van der Waals surface area contributed by atoms with E-state index in [1.54, 1.807) is 11.0 Å². The molecule has 1 aromatic heterocycles. The lowest BCUT2D eigenvalue weighted by molar-refractivity contribution is 0.0938. The van der Waals surface area contributed by atoms with Gasteiger partial charge in [0.1, 0.15) is 5.82 Å². The van der Waals surface area contributed by atoms with E-state index in [2.05, 4.69) is 15.6 Å². The molecule has 6 nitrogen and oxygen atoms in total. The van der Waals surface area contributed by atoms with E-state index in [9.17, 15) is 9.90 Å². The van der Waals surface area contributed by atoms with Gasteiger partial charge in [0.05, 0.1) is 16.1 Å². The van der Waals surface area contributed by atoms with Gasteiger partial charge in [-0.05, 0) is 18.9 Å². The number of likely N-dealkylation sites (tertiary alicyclic amines) is 1. The Morgan fingerprint density at radius 2 is 2.10 bits per heavy atom. The Morgan fingerprint density at radius 3 is 2.76 bits per heavy atom. The fourth-order valence-corrected chi connectivity index (χ4v) is 2.52. The number of aliphatic hydroxyl groups is 1. The molecule has 2 amide bonds. The molecule has 0 aromatic carbocycles. The number of hydrogen-bond donors (Lipinski definition) is 3. The third kappa shape index (κ3) is 4.91. The highest BCUT2D eigenvalue weighted by Crippen LogP contribution is 2.22. The van der Waals surface area contributed by atoms with Crippen molar-refractivity contribution in [2.45, 2.75) is 18.9 Å². The van der Waals surface area contributed by atoms with Crippen molar-refractivity contribution in [1.29, 1.82) is 0 Å². The molecule has 2 rings (SSSR count). The van der Waals surface area contributed by atoms with Gasteiger partial charge in [-0.25, -0.2) is 9.78 Å². The molecule has 21 heavy (non-hydrogen) atoms. The molecular formula is C13H18Cl2N4O2. The first-order valence-electron chi connectivity index (χ1n) is 6.82. The zero-order chi connectivity index (χ0) is 15.2. The summed E-state index contributed by atoms with van der Waals surface area (Å²) in [4.78, 5) is 17.6. The van der Waals surface area contributed by atoms with Crippen molar-refractivity contribution >= 4 is 35.1 Å². The number of hydrogen-bond acceptors (Lipinski definition) is 4. The Hall–Kier alpha value is -1.24. The largest absolute Gasteiger partial charge is 0.393 e. The van der Waals surface area contributed by atoms with Gasteiger partial charge in [-0.15, -0.1) is 0 Å². The molecule has 0 radical (unpaired) electrons. The molecule has 0 aliphatic carbocycles. The minimum atomic E-state index is -0.283. The van der Waals surface area contributed by atoms with Crippen LogP contribution in [0.2, 0.25) is 10.0 Å². The standard InChI is InChI=1S/C13H18Cl2N4O2/c14-9-7-11(15)12(18-8-9)16-3-4-17-13(21)19-5-1-10(20)2-6-19/h7-8,10,20H,1-6H2,(H,16,18)(H,17,21). The minimum Gasteiger partial charge on any atom is -0.393 e. The number of piperidine rings is 1. The summed E-state index contributed by atoms with van der Waals surface area (Å²) in [6, 6.07) is 1.50. The molecule has 1 aromatic rings. The van der Waals surface area contributed by atoms with Gasteiger partial charge in [-0.2, -0.15) is 0 Å². The normalized spacial score (nSPS) is 15.9. The third-order valence-electron chi connectivity index (χ3n) is 3.25. The fourth-order valence-electron chi connectivity index (χ4n) is 2.08. The number of nitrogens with one attached hydrogen (secondary N) is 2. The number of rotatable bonds is 4. The number of aromatic nitrogens is 1. The molecule has 1 fully saturated rings. The van der Waals surface area contributed by atoms with E-state index in [4.69, 9.17) is 23.2 Å². The van der Waals surface area contributed by atoms with Crippen LogP contribution in [-0.4, -0.2) is 53.3 Å². The van der Waals surface area contributed by atoms with Crippen LogP contribution in [0.4, 0.5) is 10.6 Å². The van der Waals surface area contributed by atoms with Crippen LogP contribution in [0.1, 0.15) is 12.8 Å². The number of aliphatic hydroxyl groups excluding tert-OH is 1. The van der Waals surface area contributed by atoms with E-state index >= 15 is 0 Å². The molecule has 0 unspecified atom stereocenters. The summed E-state index contributed by atoms with van der Waals surface area (Å²) >= 11 is 11.7. The van der Waals surface area contributed by atoms with Gasteiger partial charge in [-0.1, -0.05) is 23.2 Å². The van der Waals surface area contributed by atoms with E-state index < -0.39 is 0 Å². The smallest absolute Gasteiger partial charge is 0.317 e. The van der Waals surface area contributed by atoms with E-state index in [0.29, 0.717) is 54.9 Å². The number of nitrogens with zero attached hydrogens (tertiary/aromatic N) is 2. The van der Waals surface area contributed by atoms with Crippen LogP contribution in [0.15, 0.2) is 12.3 Å². The Kier molecular flexibility index (Phi) is 5.90. The summed E-state index contributed by atoms with van der Waals surface area (Å²) in [6.07, 6.45) is 2.49. The lowest BCUT2D eigenvalue weighted by atomic mass is 10.1. The second-order valence-electron chi connectivity index (χ2n) is 4.86. The predicted octanol–water partition coefficient (Wildman–Crippen LogP) is 1.97. The van der Waals surface area contributed by atoms with Crippen LogP contribution < -0.4 is 10.6 Å². The molecule has 116 valence electrons. The monoisotopic (exact) mass is 332 g/mol. The zero-order valence-corrected chi connectivity index (χ0v) is 13.0. The summed E-state index contributed by atoms with van der Waals surface area (Å²) in [6.45, 7) is 2.14. The van der Waals surface area contributed by atoms with Gasteiger partial charge < -0.3 is 20.6 Å². The van der Waals surface area contributed by atoms with Crippen molar-refractivity contribution in [2.24, 2.45) is 0 Å². The van der Waals surface area contributed by atoms with Gasteiger partial charge in [0, 0.05) is 32.4 Å². The first-order valence-corrected chi connectivity index (χ1v) is 7.57. The average Bonchev–Trinajstić information content (AvgIpc) is 2.46. The summed E-state index contributed by atoms with van der Waals surface area (Å²) < 4.78 is 0. The lowest BCUT2D eigenvalue weighted by Gasteiger charge is -2.29. The topological polar surface area (TPSA) is 77.5 Å². The maximum absolute atomic E-state index is 11.9. The molecule has 2 heterocycles. The van der Waals surface area contributed by atoms with Crippen LogP contribution in [-0.2, 0) is 0 Å². The summed E-state index contributed by atoms with van der Waals surface area (Å²) in [5.74, 6) is 0.538. The molecule has 8 heteroatoms. The Labute approximate surface area is 133 Å².